The zero-order valence-electron chi connectivity index (χ0n) is 14.4. The van der Waals surface area contributed by atoms with E-state index in [9.17, 15) is 14.9 Å². The molecular formula is C17H22ClN5O3. The lowest BCUT2D eigenvalue weighted by atomic mass is 9.92. The number of nitrogens with two attached hydrogens (primary N) is 1. The van der Waals surface area contributed by atoms with Crippen LogP contribution in [0.1, 0.15) is 30.1 Å². The molecule has 2 N–H and O–H groups in total. The van der Waals surface area contributed by atoms with Crippen LogP contribution in [-0.4, -0.2) is 44.6 Å². The standard InChI is InChI=1S/C17H21N5O3.ClH/c1-12(18)13-3-2-8-20(10-13)17(23)14-9-19-21(11-14)15-4-6-16(7-5-15)22(24)25;/h4-7,9,11-13H,2-3,8,10,18H2,1H3;1H. The predicted molar refractivity (Wildman–Crippen MR) is 99.7 cm³/mol. The minimum atomic E-state index is -0.451. The molecule has 26 heavy (non-hydrogen) atoms. The van der Waals surface area contributed by atoms with Crippen LogP contribution in [0.4, 0.5) is 5.69 Å². The number of nitro groups is 1. The molecule has 1 aromatic carbocycles. The van der Waals surface area contributed by atoms with Crippen molar-refractivity contribution in [2.45, 2.75) is 25.8 Å². The number of amides is 1. The zero-order chi connectivity index (χ0) is 18.0. The Bertz CT molecular complexity index is 775. The maximum Gasteiger partial charge on any atom is 0.269 e. The Hall–Kier alpha value is -2.45. The van der Waals surface area contributed by atoms with E-state index in [2.05, 4.69) is 5.10 Å². The molecule has 2 atom stereocenters. The Morgan fingerprint density at radius 1 is 1.38 bits per heavy atom. The van der Waals surface area contributed by atoms with E-state index < -0.39 is 4.92 Å². The Kier molecular flexibility index (Phi) is 6.33. The first kappa shape index (κ1) is 19.9. The van der Waals surface area contributed by atoms with Gasteiger partial charge in [-0.3, -0.25) is 14.9 Å². The highest BCUT2D eigenvalue weighted by atomic mass is 35.5. The molecule has 8 nitrogen and oxygen atoms in total. The second-order valence-corrected chi connectivity index (χ2v) is 6.46. The number of carbonyl (C=O) groups is 1. The number of nitrogens with zero attached hydrogens (tertiary/aromatic N) is 4. The van der Waals surface area contributed by atoms with Gasteiger partial charge in [0, 0.05) is 37.5 Å². The molecular weight excluding hydrogens is 358 g/mol. The van der Waals surface area contributed by atoms with E-state index in [1.165, 1.54) is 18.3 Å². The van der Waals surface area contributed by atoms with Crippen LogP contribution in [0, 0.1) is 16.0 Å². The van der Waals surface area contributed by atoms with Gasteiger partial charge in [-0.05, 0) is 37.8 Å². The monoisotopic (exact) mass is 379 g/mol. The summed E-state index contributed by atoms with van der Waals surface area (Å²) in [6.07, 6.45) is 5.18. The molecule has 1 aromatic heterocycles. The van der Waals surface area contributed by atoms with E-state index in [1.807, 2.05) is 11.8 Å². The Morgan fingerprint density at radius 2 is 2.08 bits per heavy atom. The fraction of sp³-hybridized carbons (Fsp3) is 0.412. The average Bonchev–Trinajstić information content (AvgIpc) is 3.11. The van der Waals surface area contributed by atoms with Gasteiger partial charge in [-0.25, -0.2) is 4.68 Å². The minimum Gasteiger partial charge on any atom is -0.338 e. The molecule has 140 valence electrons. The van der Waals surface area contributed by atoms with Gasteiger partial charge < -0.3 is 10.6 Å². The Morgan fingerprint density at radius 3 is 2.69 bits per heavy atom. The molecule has 9 heteroatoms. The highest BCUT2D eigenvalue weighted by Gasteiger charge is 2.27. The minimum absolute atomic E-state index is 0. The van der Waals surface area contributed by atoms with Crippen molar-refractivity contribution in [3.05, 3.63) is 52.3 Å². The molecule has 2 aromatic rings. The highest BCUT2D eigenvalue weighted by molar-refractivity contribution is 5.93. The normalized spacial score (nSPS) is 18.1. The fourth-order valence-corrected chi connectivity index (χ4v) is 3.11. The summed E-state index contributed by atoms with van der Waals surface area (Å²) >= 11 is 0. The van der Waals surface area contributed by atoms with Crippen molar-refractivity contribution in [1.29, 1.82) is 0 Å². The SMILES string of the molecule is CC(N)C1CCCN(C(=O)c2cnn(-c3ccc([N+](=O)[O-])cc3)c2)C1.Cl. The van der Waals surface area contributed by atoms with Gasteiger partial charge in [0.15, 0.2) is 0 Å². The third-order valence-corrected chi connectivity index (χ3v) is 4.64. The third kappa shape index (κ3) is 4.20. The molecule has 0 aliphatic carbocycles. The van der Waals surface area contributed by atoms with Crippen molar-refractivity contribution >= 4 is 24.0 Å². The van der Waals surface area contributed by atoms with Crippen molar-refractivity contribution in [2.75, 3.05) is 13.1 Å². The fourth-order valence-electron chi connectivity index (χ4n) is 3.11. The van der Waals surface area contributed by atoms with Gasteiger partial charge in [0.2, 0.25) is 0 Å². The molecule has 1 aliphatic heterocycles. The summed E-state index contributed by atoms with van der Waals surface area (Å²) in [5.41, 5.74) is 7.16. The molecule has 1 fully saturated rings. The maximum atomic E-state index is 12.7. The molecule has 1 amide bonds. The van der Waals surface area contributed by atoms with Crippen LogP contribution in [0.5, 0.6) is 0 Å². The van der Waals surface area contributed by atoms with Gasteiger partial charge in [0.1, 0.15) is 0 Å². The topological polar surface area (TPSA) is 107 Å². The maximum absolute atomic E-state index is 12.7. The number of rotatable bonds is 4. The summed E-state index contributed by atoms with van der Waals surface area (Å²) in [5.74, 6) is 0.265. The van der Waals surface area contributed by atoms with Crippen molar-refractivity contribution in [3.63, 3.8) is 0 Å². The highest BCUT2D eigenvalue weighted by Crippen LogP contribution is 2.21. The van der Waals surface area contributed by atoms with E-state index in [1.54, 1.807) is 23.0 Å². The van der Waals surface area contributed by atoms with Gasteiger partial charge in [0.05, 0.1) is 22.4 Å². The summed E-state index contributed by atoms with van der Waals surface area (Å²) < 4.78 is 1.55. The molecule has 0 spiro atoms. The van der Waals surface area contributed by atoms with Crippen LogP contribution in [-0.2, 0) is 0 Å². The largest absolute Gasteiger partial charge is 0.338 e. The number of aromatic nitrogens is 2. The van der Waals surface area contributed by atoms with Crippen molar-refractivity contribution < 1.29 is 9.72 Å². The second kappa shape index (κ2) is 8.29. The van der Waals surface area contributed by atoms with Gasteiger partial charge in [-0.15, -0.1) is 12.4 Å². The average molecular weight is 380 g/mol. The summed E-state index contributed by atoms with van der Waals surface area (Å²) in [6, 6.07) is 6.10. The van der Waals surface area contributed by atoms with Crippen molar-refractivity contribution in [3.8, 4) is 5.69 Å². The van der Waals surface area contributed by atoms with Gasteiger partial charge in [0.25, 0.3) is 11.6 Å². The molecule has 0 radical (unpaired) electrons. The molecule has 1 aliphatic rings. The van der Waals surface area contributed by atoms with Crippen LogP contribution < -0.4 is 5.73 Å². The molecule has 0 saturated carbocycles. The number of nitro benzene ring substituents is 1. The number of piperidine rings is 1. The van der Waals surface area contributed by atoms with Crippen LogP contribution in [0.25, 0.3) is 5.69 Å². The first-order valence-electron chi connectivity index (χ1n) is 8.30. The Balaban J connectivity index is 0.00000243. The number of hydrogen-bond donors (Lipinski definition) is 1. The number of benzene rings is 1. The summed E-state index contributed by atoms with van der Waals surface area (Å²) in [6.45, 7) is 3.37. The number of hydrogen-bond acceptors (Lipinski definition) is 5. The zero-order valence-corrected chi connectivity index (χ0v) is 15.3. The molecule has 2 unspecified atom stereocenters. The molecule has 2 heterocycles. The van der Waals surface area contributed by atoms with Gasteiger partial charge >= 0.3 is 0 Å². The van der Waals surface area contributed by atoms with E-state index in [0.717, 1.165) is 19.4 Å². The van der Waals surface area contributed by atoms with Crippen molar-refractivity contribution in [1.82, 2.24) is 14.7 Å². The van der Waals surface area contributed by atoms with Gasteiger partial charge in [-0.2, -0.15) is 5.10 Å². The van der Waals surface area contributed by atoms with Crippen LogP contribution in [0.2, 0.25) is 0 Å². The van der Waals surface area contributed by atoms with Crippen LogP contribution in [0.3, 0.4) is 0 Å². The molecule has 0 bridgehead atoms. The second-order valence-electron chi connectivity index (χ2n) is 6.46. The lowest BCUT2D eigenvalue weighted by Gasteiger charge is -2.34. The van der Waals surface area contributed by atoms with Crippen molar-refractivity contribution in [2.24, 2.45) is 11.7 Å². The lowest BCUT2D eigenvalue weighted by Crippen LogP contribution is -2.45. The first-order chi connectivity index (χ1) is 12.0. The summed E-state index contributed by atoms with van der Waals surface area (Å²) in [7, 11) is 0. The summed E-state index contributed by atoms with van der Waals surface area (Å²) in [4.78, 5) is 24.8. The van der Waals surface area contributed by atoms with E-state index in [0.29, 0.717) is 23.7 Å². The van der Waals surface area contributed by atoms with Crippen LogP contribution >= 0.6 is 12.4 Å². The van der Waals surface area contributed by atoms with E-state index in [4.69, 9.17) is 5.73 Å². The summed E-state index contributed by atoms with van der Waals surface area (Å²) in [5, 5.41) is 14.9. The van der Waals surface area contributed by atoms with E-state index in [-0.39, 0.29) is 30.0 Å². The first-order valence-corrected chi connectivity index (χ1v) is 8.30. The third-order valence-electron chi connectivity index (χ3n) is 4.64. The number of non-ortho nitro benzene ring substituents is 1. The van der Waals surface area contributed by atoms with Gasteiger partial charge in [-0.1, -0.05) is 0 Å². The smallest absolute Gasteiger partial charge is 0.269 e. The number of carbonyl (C=O) groups excluding carboxylic acids is 1. The lowest BCUT2D eigenvalue weighted by molar-refractivity contribution is -0.384. The van der Waals surface area contributed by atoms with E-state index >= 15 is 0 Å². The molecule has 3 rings (SSSR count). The van der Waals surface area contributed by atoms with Crippen LogP contribution in [0.15, 0.2) is 36.7 Å². The number of likely N-dealkylation sites (tertiary alicyclic amines) is 1. The predicted octanol–water partition coefficient (Wildman–Crippen LogP) is 2.40. The Labute approximate surface area is 157 Å². The molecule has 1 saturated heterocycles. The number of halogens is 1. The quantitative estimate of drug-likeness (QED) is 0.648.